The first-order valence-electron chi connectivity index (χ1n) is 9.57. The first-order chi connectivity index (χ1) is 12.5. The molecule has 2 rings (SSSR count). The molecular formula is C18H29N3O5. The van der Waals surface area contributed by atoms with Crippen LogP contribution in [0.4, 0.5) is 4.79 Å². The number of hydrazone groups is 1. The van der Waals surface area contributed by atoms with E-state index in [1.165, 1.54) is 12.6 Å². The minimum atomic E-state index is -0.803. The normalized spacial score (nSPS) is 22.8. The van der Waals surface area contributed by atoms with Crippen LogP contribution in [0.1, 0.15) is 70.6 Å². The Morgan fingerprint density at radius 1 is 1.19 bits per heavy atom. The second kappa shape index (κ2) is 10.3. The van der Waals surface area contributed by atoms with Gasteiger partial charge in [-0.2, -0.15) is 5.10 Å². The van der Waals surface area contributed by atoms with E-state index in [0.29, 0.717) is 19.3 Å². The van der Waals surface area contributed by atoms with E-state index in [9.17, 15) is 19.5 Å². The predicted molar refractivity (Wildman–Crippen MR) is 95.6 cm³/mol. The molecule has 1 aliphatic carbocycles. The number of aliphatic carboxylic acids is 1. The molecule has 8 heteroatoms. The number of aliphatic hydroxyl groups is 1. The summed E-state index contributed by atoms with van der Waals surface area (Å²) in [5, 5.41) is 26.3. The van der Waals surface area contributed by atoms with Gasteiger partial charge in [-0.15, -0.1) is 0 Å². The fraction of sp³-hybridized carbons (Fsp3) is 0.778. The van der Waals surface area contributed by atoms with Crippen LogP contribution in [-0.4, -0.2) is 51.5 Å². The highest BCUT2D eigenvalue weighted by molar-refractivity contribution is 6.04. The zero-order valence-corrected chi connectivity index (χ0v) is 15.1. The van der Waals surface area contributed by atoms with Crippen molar-refractivity contribution >= 4 is 24.1 Å². The van der Waals surface area contributed by atoms with E-state index in [-0.39, 0.29) is 18.2 Å². The van der Waals surface area contributed by atoms with E-state index in [1.807, 2.05) is 0 Å². The van der Waals surface area contributed by atoms with E-state index in [0.717, 1.165) is 43.5 Å². The minimum absolute atomic E-state index is 0.151. The van der Waals surface area contributed by atoms with Crippen molar-refractivity contribution < 1.29 is 24.6 Å². The number of unbranched alkanes of at least 4 members (excludes halogenated alkanes) is 3. The number of rotatable bonds is 10. The minimum Gasteiger partial charge on any atom is -0.481 e. The molecule has 0 radical (unpaired) electrons. The van der Waals surface area contributed by atoms with Crippen molar-refractivity contribution in [3.8, 4) is 0 Å². The molecule has 1 heterocycles. The Morgan fingerprint density at radius 2 is 1.88 bits per heavy atom. The Balaban J connectivity index is 1.80. The lowest BCUT2D eigenvalue weighted by Crippen LogP contribution is -2.32. The number of nitrogens with zero attached hydrogens (tertiary/aromatic N) is 2. The van der Waals surface area contributed by atoms with Crippen LogP contribution in [0.2, 0.25) is 0 Å². The number of carboxylic acid groups (broad SMARTS) is 1. The van der Waals surface area contributed by atoms with E-state index < -0.39 is 24.1 Å². The molecule has 8 nitrogen and oxygen atoms in total. The highest BCUT2D eigenvalue weighted by Crippen LogP contribution is 2.26. The molecule has 0 bridgehead atoms. The van der Waals surface area contributed by atoms with Crippen LogP contribution in [0.15, 0.2) is 5.10 Å². The van der Waals surface area contributed by atoms with Crippen LogP contribution in [0, 0.1) is 5.92 Å². The maximum absolute atomic E-state index is 12.0. The first-order valence-corrected chi connectivity index (χ1v) is 9.57. The van der Waals surface area contributed by atoms with Gasteiger partial charge in [-0.05, 0) is 31.6 Å². The van der Waals surface area contributed by atoms with Crippen LogP contribution in [0.5, 0.6) is 0 Å². The second-order valence-corrected chi connectivity index (χ2v) is 7.15. The van der Waals surface area contributed by atoms with Gasteiger partial charge in [0, 0.05) is 6.42 Å². The number of amides is 3. The molecule has 1 aliphatic heterocycles. The van der Waals surface area contributed by atoms with Gasteiger partial charge in [-0.1, -0.05) is 38.5 Å². The third kappa shape index (κ3) is 6.09. The molecule has 0 aromatic carbocycles. The van der Waals surface area contributed by atoms with E-state index in [1.54, 1.807) is 0 Å². The second-order valence-electron chi connectivity index (χ2n) is 7.15. The SMILES string of the molecule is O=C(O)CCCCCC[C@H]1C(=O)NC(=O)N1/N=C/[C@@H](O)C1CCCCC1. The molecule has 0 unspecified atom stereocenters. The zero-order valence-electron chi connectivity index (χ0n) is 15.1. The smallest absolute Gasteiger partial charge is 0.345 e. The summed E-state index contributed by atoms with van der Waals surface area (Å²) in [6.07, 6.45) is 9.51. The number of imide groups is 1. The van der Waals surface area contributed by atoms with Gasteiger partial charge in [0.25, 0.3) is 5.91 Å². The van der Waals surface area contributed by atoms with Gasteiger partial charge >= 0.3 is 12.0 Å². The fourth-order valence-corrected chi connectivity index (χ4v) is 3.59. The van der Waals surface area contributed by atoms with E-state index in [4.69, 9.17) is 5.11 Å². The molecular weight excluding hydrogens is 338 g/mol. The number of hydrogen-bond acceptors (Lipinski definition) is 5. The Bertz CT molecular complexity index is 531. The van der Waals surface area contributed by atoms with Crippen LogP contribution >= 0.6 is 0 Å². The van der Waals surface area contributed by atoms with Gasteiger partial charge in [0.05, 0.1) is 12.3 Å². The van der Waals surface area contributed by atoms with Crippen molar-refractivity contribution in [3.63, 3.8) is 0 Å². The molecule has 0 aromatic heterocycles. The summed E-state index contributed by atoms with van der Waals surface area (Å²) in [6, 6.07) is -1.21. The molecule has 3 amide bonds. The van der Waals surface area contributed by atoms with Crippen LogP contribution < -0.4 is 5.32 Å². The average Bonchev–Trinajstić information content (AvgIpc) is 2.89. The molecule has 26 heavy (non-hydrogen) atoms. The first kappa shape index (κ1) is 20.4. The lowest BCUT2D eigenvalue weighted by Gasteiger charge is -2.24. The highest BCUT2D eigenvalue weighted by atomic mass is 16.4. The zero-order chi connectivity index (χ0) is 18.9. The van der Waals surface area contributed by atoms with Crippen molar-refractivity contribution in [3.05, 3.63) is 0 Å². The third-order valence-corrected chi connectivity index (χ3v) is 5.13. The van der Waals surface area contributed by atoms with Gasteiger partial charge in [0.2, 0.25) is 0 Å². The van der Waals surface area contributed by atoms with Crippen molar-refractivity contribution in [1.29, 1.82) is 0 Å². The van der Waals surface area contributed by atoms with Gasteiger partial charge in [-0.25, -0.2) is 9.80 Å². The molecule has 146 valence electrons. The molecule has 3 N–H and O–H groups in total. The Labute approximate surface area is 153 Å². The number of carbonyl (C=O) groups is 3. The summed E-state index contributed by atoms with van der Waals surface area (Å²) in [5.74, 6) is -1.01. The number of carbonyl (C=O) groups excluding carboxylic acids is 2. The van der Waals surface area contributed by atoms with Crippen molar-refractivity contribution in [2.45, 2.75) is 82.8 Å². The van der Waals surface area contributed by atoms with Crippen LogP contribution in [0.3, 0.4) is 0 Å². The quantitative estimate of drug-likeness (QED) is 0.311. The Morgan fingerprint density at radius 3 is 2.58 bits per heavy atom. The van der Waals surface area contributed by atoms with Crippen LogP contribution in [-0.2, 0) is 9.59 Å². The molecule has 1 saturated heterocycles. The Kier molecular flexibility index (Phi) is 8.03. The molecule has 1 saturated carbocycles. The Hall–Kier alpha value is -1.96. The largest absolute Gasteiger partial charge is 0.481 e. The molecule has 0 aromatic rings. The van der Waals surface area contributed by atoms with Gasteiger partial charge in [0.15, 0.2) is 0 Å². The summed E-state index contributed by atoms with van der Waals surface area (Å²) >= 11 is 0. The standard InChI is InChI=1S/C18H29N3O5/c22-15(13-8-4-3-5-9-13)12-19-21-14(17(25)20-18(21)26)10-6-1-2-7-11-16(23)24/h12-15,22H,1-11H2,(H,23,24)(H,20,25,26)/b19-12+/t14-,15+/m0/s1. The fourth-order valence-electron chi connectivity index (χ4n) is 3.59. The van der Waals surface area contributed by atoms with Gasteiger partial charge in [0.1, 0.15) is 6.04 Å². The summed E-state index contributed by atoms with van der Waals surface area (Å²) in [6.45, 7) is 0. The third-order valence-electron chi connectivity index (χ3n) is 5.13. The summed E-state index contributed by atoms with van der Waals surface area (Å²) in [5.41, 5.74) is 0. The lowest BCUT2D eigenvalue weighted by atomic mass is 9.86. The van der Waals surface area contributed by atoms with Crippen molar-refractivity contribution in [2.75, 3.05) is 0 Å². The molecule has 2 atom stereocenters. The molecule has 2 aliphatic rings. The van der Waals surface area contributed by atoms with Crippen LogP contribution in [0.25, 0.3) is 0 Å². The highest BCUT2D eigenvalue weighted by Gasteiger charge is 2.38. The maximum atomic E-state index is 12.0. The number of urea groups is 1. The molecule has 0 spiro atoms. The lowest BCUT2D eigenvalue weighted by molar-refractivity contribution is -0.137. The van der Waals surface area contributed by atoms with Crippen molar-refractivity contribution in [1.82, 2.24) is 10.3 Å². The average molecular weight is 367 g/mol. The summed E-state index contributed by atoms with van der Waals surface area (Å²) in [4.78, 5) is 34.4. The monoisotopic (exact) mass is 367 g/mol. The topological polar surface area (TPSA) is 119 Å². The number of carboxylic acids is 1. The summed E-state index contributed by atoms with van der Waals surface area (Å²) < 4.78 is 0. The van der Waals surface area contributed by atoms with Gasteiger partial charge in [-0.3, -0.25) is 14.9 Å². The molecule has 2 fully saturated rings. The number of hydrogen-bond donors (Lipinski definition) is 3. The van der Waals surface area contributed by atoms with E-state index in [2.05, 4.69) is 10.4 Å². The maximum Gasteiger partial charge on any atom is 0.345 e. The van der Waals surface area contributed by atoms with Gasteiger partial charge < -0.3 is 10.2 Å². The number of aliphatic hydroxyl groups excluding tert-OH is 1. The van der Waals surface area contributed by atoms with Crippen molar-refractivity contribution in [2.24, 2.45) is 11.0 Å². The number of nitrogens with one attached hydrogen (secondary N) is 1. The van der Waals surface area contributed by atoms with E-state index >= 15 is 0 Å². The summed E-state index contributed by atoms with van der Waals surface area (Å²) in [7, 11) is 0. The predicted octanol–water partition coefficient (Wildman–Crippen LogP) is 2.26.